The summed E-state index contributed by atoms with van der Waals surface area (Å²) in [7, 11) is 0. The fourth-order valence-electron chi connectivity index (χ4n) is 18.7. The molecule has 696 valence electrons. The van der Waals surface area contributed by atoms with E-state index in [-0.39, 0.29) is 54.3 Å². The molecule has 0 bridgehead atoms. The number of carbonyl (C=O) groups is 6. The zero-order chi connectivity index (χ0) is 91.9. The Hall–Kier alpha value is -12.4. The van der Waals surface area contributed by atoms with E-state index in [9.17, 15) is 50.7 Å². The molecule has 0 atom stereocenters. The molecular formula is C104H119F5N18O6. The first kappa shape index (κ1) is 93.8. The summed E-state index contributed by atoms with van der Waals surface area (Å²) in [6, 6.07) is 47.7. The number of rotatable bonds is 33. The van der Waals surface area contributed by atoms with Gasteiger partial charge in [0, 0.05) is 170 Å². The van der Waals surface area contributed by atoms with Gasteiger partial charge in [0.25, 0.3) is 0 Å². The molecular weight excluding hydrogens is 1690 g/mol. The van der Waals surface area contributed by atoms with Crippen LogP contribution >= 0.6 is 0 Å². The number of hydrogen-bond acceptors (Lipinski definition) is 18. The number of benzene rings is 9. The molecule has 6 aliphatic rings. The lowest BCUT2D eigenvalue weighted by atomic mass is 10.1. The van der Waals surface area contributed by atoms with Crippen molar-refractivity contribution in [1.82, 2.24) is 44.4 Å². The number of hydrogen-bond donors (Lipinski definition) is 9. The molecule has 3 aromatic heterocycles. The fraction of sp³-hybridized carbons (Fsp3) is 0.394. The summed E-state index contributed by atoms with van der Waals surface area (Å²) in [5, 5.41) is 33.4. The van der Waals surface area contributed by atoms with Crippen LogP contribution in [0.15, 0.2) is 170 Å². The standard InChI is InChI=1S/C36H42F2N6O2.C34H38F2N6O2.C34H39FN6O2/c37-30-12-7-25(21-31(30)38)24-39-36-28-10-8-26(40-34(45)13-19-43-15-3-1-4-16-43)22-32(28)42-33-23-27(9-11-29(33)36)41-35(46)14-20-44-17-5-2-6-18-44;35-24-17-23(18-25(36)19-24)22-37-34-28-7-5-26(38-32(43)9-15-41-11-1-2-12-41)20-30(28)40-31-21-27(6-8-29(31)34)39-33(44)10-16-42-13-3-4-14-42;35-25-7-5-6-24(20-25)23-36-34-28-10-8-26(37-32(42)12-18-40-14-1-2-15-40)21-30(28)39-31-22-27(9-11-29(31)34)38-33(43)13-19-41-16-3-4-17-41/h7-12,21-23H,1-6,13-20,24H2,(H,39,42)(H,40,45)(H,41,46);5-8,17-21H,1-4,9-16,22H2,(H,37,40)(H,38,43)(H,39,44);5-11,20-22H,1-4,12-19,23H2,(H,36,39)(H,37,42)(H,38,43). The highest BCUT2D eigenvalue weighted by Crippen LogP contribution is 2.39. The zero-order valence-electron chi connectivity index (χ0n) is 75.5. The first-order chi connectivity index (χ1) is 64.8. The Balaban J connectivity index is 0.000000145. The van der Waals surface area contributed by atoms with Crippen LogP contribution in [-0.4, -0.2) is 198 Å². The number of carbonyl (C=O) groups excluding carboxylic acids is 6. The Morgan fingerprint density at radius 3 is 0.737 bits per heavy atom. The predicted octanol–water partition coefficient (Wildman–Crippen LogP) is 19.0. The Bertz CT molecular complexity index is 5850. The van der Waals surface area contributed by atoms with Crippen molar-refractivity contribution in [2.75, 3.05) is 166 Å². The van der Waals surface area contributed by atoms with Crippen molar-refractivity contribution in [3.05, 3.63) is 216 Å². The maximum atomic E-state index is 13.9. The number of halogens is 5. The summed E-state index contributed by atoms with van der Waals surface area (Å²) in [4.78, 5) is 105. The number of likely N-dealkylation sites (tertiary alicyclic amines) is 6. The quantitative estimate of drug-likeness (QED) is 0.0137. The van der Waals surface area contributed by atoms with E-state index < -0.39 is 23.3 Å². The van der Waals surface area contributed by atoms with E-state index in [2.05, 4.69) is 77.3 Å². The van der Waals surface area contributed by atoms with Crippen LogP contribution in [0, 0.1) is 29.1 Å². The van der Waals surface area contributed by atoms with E-state index in [1.807, 2.05) is 115 Å². The number of nitrogens with one attached hydrogen (secondary N) is 9. The van der Waals surface area contributed by atoms with Crippen molar-refractivity contribution in [2.45, 2.75) is 148 Å². The lowest BCUT2D eigenvalue weighted by Crippen LogP contribution is -2.32. The molecule has 0 spiro atoms. The van der Waals surface area contributed by atoms with Gasteiger partial charge in [-0.3, -0.25) is 28.8 Å². The molecule has 24 nitrogen and oxygen atoms in total. The molecule has 6 aliphatic heterocycles. The smallest absolute Gasteiger partial charge is 0.225 e. The summed E-state index contributed by atoms with van der Waals surface area (Å²) in [5.41, 5.74) is 12.2. The number of aromatic nitrogens is 3. The van der Waals surface area contributed by atoms with Gasteiger partial charge in [0.15, 0.2) is 11.6 Å². The van der Waals surface area contributed by atoms with Crippen LogP contribution in [0.4, 0.5) is 73.1 Å². The molecule has 133 heavy (non-hydrogen) atoms. The van der Waals surface area contributed by atoms with Gasteiger partial charge in [-0.2, -0.15) is 0 Å². The van der Waals surface area contributed by atoms with E-state index in [1.54, 1.807) is 12.1 Å². The third-order valence-electron chi connectivity index (χ3n) is 25.9. The van der Waals surface area contributed by atoms with Crippen LogP contribution in [0.25, 0.3) is 65.4 Å². The number of piperidine rings is 2. The summed E-state index contributed by atoms with van der Waals surface area (Å²) in [5.74, 6) is -3.57. The van der Waals surface area contributed by atoms with Gasteiger partial charge in [0.2, 0.25) is 35.4 Å². The average molecular weight is 1810 g/mol. The Labute approximate surface area is 772 Å². The van der Waals surface area contributed by atoms with Gasteiger partial charge in [-0.05, 0) is 318 Å². The molecule has 0 saturated carbocycles. The molecule has 6 amide bonds. The van der Waals surface area contributed by atoms with Crippen LogP contribution in [-0.2, 0) is 48.4 Å². The van der Waals surface area contributed by atoms with Crippen LogP contribution in [0.2, 0.25) is 0 Å². The largest absolute Gasteiger partial charge is 0.380 e. The maximum absolute atomic E-state index is 13.9. The molecule has 18 rings (SSSR count). The minimum absolute atomic E-state index is 0.0181. The second-order valence-corrected chi connectivity index (χ2v) is 35.9. The first-order valence-corrected chi connectivity index (χ1v) is 47.4. The summed E-state index contributed by atoms with van der Waals surface area (Å²) in [6.07, 6.45) is 19.3. The molecule has 9 heterocycles. The summed E-state index contributed by atoms with van der Waals surface area (Å²) >= 11 is 0. The topological polar surface area (TPSA) is 269 Å². The lowest BCUT2D eigenvalue weighted by Gasteiger charge is -2.26. The number of nitrogens with zero attached hydrogens (tertiary/aromatic N) is 9. The van der Waals surface area contributed by atoms with Crippen molar-refractivity contribution in [2.24, 2.45) is 0 Å². The molecule has 6 fully saturated rings. The first-order valence-electron chi connectivity index (χ1n) is 47.4. The summed E-state index contributed by atoms with van der Waals surface area (Å²) in [6.45, 7) is 18.0. The van der Waals surface area contributed by atoms with Crippen LogP contribution in [0.5, 0.6) is 0 Å². The van der Waals surface area contributed by atoms with E-state index in [0.29, 0.717) is 123 Å². The molecule has 6 saturated heterocycles. The van der Waals surface area contributed by atoms with Crippen molar-refractivity contribution >= 4 is 152 Å². The van der Waals surface area contributed by atoms with Gasteiger partial charge in [-0.1, -0.05) is 31.0 Å². The van der Waals surface area contributed by atoms with Crippen LogP contribution in [0.1, 0.15) is 145 Å². The van der Waals surface area contributed by atoms with Crippen LogP contribution in [0.3, 0.4) is 0 Å². The molecule has 12 aromatic rings. The van der Waals surface area contributed by atoms with Gasteiger partial charge < -0.3 is 77.3 Å². The number of fused-ring (bicyclic) bond motifs is 6. The van der Waals surface area contributed by atoms with E-state index >= 15 is 0 Å². The van der Waals surface area contributed by atoms with Crippen molar-refractivity contribution in [3.8, 4) is 0 Å². The highest BCUT2D eigenvalue weighted by atomic mass is 19.2. The normalized spacial score (nSPS) is 15.8. The van der Waals surface area contributed by atoms with E-state index in [1.165, 1.54) is 120 Å². The monoisotopic (exact) mass is 1810 g/mol. The third-order valence-corrected chi connectivity index (χ3v) is 25.9. The van der Waals surface area contributed by atoms with Gasteiger partial charge in [0.1, 0.15) is 17.5 Å². The van der Waals surface area contributed by atoms with Crippen molar-refractivity contribution in [1.29, 1.82) is 0 Å². The zero-order valence-corrected chi connectivity index (χ0v) is 75.5. The molecule has 0 unspecified atom stereocenters. The molecule has 9 N–H and O–H groups in total. The number of anilines is 9. The highest BCUT2D eigenvalue weighted by molar-refractivity contribution is 6.13. The van der Waals surface area contributed by atoms with E-state index in [0.717, 1.165) is 185 Å². The Morgan fingerprint density at radius 2 is 0.481 bits per heavy atom. The Morgan fingerprint density at radius 1 is 0.241 bits per heavy atom. The number of pyridine rings is 3. The van der Waals surface area contributed by atoms with Gasteiger partial charge in [-0.15, -0.1) is 0 Å². The van der Waals surface area contributed by atoms with E-state index in [4.69, 9.17) is 15.0 Å². The molecule has 0 radical (unpaired) electrons. The molecule has 29 heteroatoms. The fourth-order valence-corrected chi connectivity index (χ4v) is 18.7. The molecule has 0 aliphatic carbocycles. The minimum atomic E-state index is -0.898. The predicted molar refractivity (Wildman–Crippen MR) is 522 cm³/mol. The number of amides is 6. The summed E-state index contributed by atoms with van der Waals surface area (Å²) < 4.78 is 69.1. The van der Waals surface area contributed by atoms with Crippen LogP contribution < -0.4 is 47.9 Å². The minimum Gasteiger partial charge on any atom is -0.380 e. The second-order valence-electron chi connectivity index (χ2n) is 35.9. The van der Waals surface area contributed by atoms with Gasteiger partial charge in [-0.25, -0.2) is 36.9 Å². The average Bonchev–Trinajstić information content (AvgIpc) is 1.36. The lowest BCUT2D eigenvalue weighted by molar-refractivity contribution is -0.117. The third kappa shape index (κ3) is 26.6. The van der Waals surface area contributed by atoms with Gasteiger partial charge >= 0.3 is 0 Å². The molecule has 9 aromatic carbocycles. The Kier molecular flexibility index (Phi) is 32.3. The second kappa shape index (κ2) is 45.8. The van der Waals surface area contributed by atoms with Crippen molar-refractivity contribution < 1.29 is 50.7 Å². The van der Waals surface area contributed by atoms with Crippen molar-refractivity contribution in [3.63, 3.8) is 0 Å². The van der Waals surface area contributed by atoms with Gasteiger partial charge in [0.05, 0.1) is 50.2 Å². The SMILES string of the molecule is O=C(CCN1CCCC1)Nc1ccc2c(NCc3cc(F)cc(F)c3)c3ccc(NC(=O)CCN4CCCC4)cc3nc2c1.O=C(CCN1CCCC1)Nc1ccc2c(NCc3cccc(F)c3)c3ccc(NC(=O)CCN4CCCC4)cc3nc2c1.O=C(CCN1CCCCC1)Nc1ccc2c(NCc3ccc(F)c(F)c3)c3ccc(NC(=O)CCN4CCCCC4)cc3nc2c1. The highest BCUT2D eigenvalue weighted by Gasteiger charge is 2.24. The maximum Gasteiger partial charge on any atom is 0.225 e.